The van der Waals surface area contributed by atoms with Crippen LogP contribution in [0.25, 0.3) is 0 Å². The third kappa shape index (κ3) is 4.30. The molecule has 21 heavy (non-hydrogen) atoms. The van der Waals surface area contributed by atoms with Gasteiger partial charge >= 0.3 is 0 Å². The van der Waals surface area contributed by atoms with Crippen molar-refractivity contribution in [1.82, 2.24) is 15.1 Å². The number of hydrogen-bond acceptors (Lipinski definition) is 3. The molecule has 4 heteroatoms. The number of nitrogens with one attached hydrogen (secondary N) is 1. The summed E-state index contributed by atoms with van der Waals surface area (Å²) in [5.41, 5.74) is 1.31. The average Bonchev–Trinajstić information content (AvgIpc) is 2.90. The highest BCUT2D eigenvalue weighted by atomic mass is 16.5. The first-order valence-electron chi connectivity index (χ1n) is 8.55. The van der Waals surface area contributed by atoms with E-state index in [1.54, 1.807) is 0 Å². The van der Waals surface area contributed by atoms with Crippen LogP contribution in [0.4, 0.5) is 0 Å². The summed E-state index contributed by atoms with van der Waals surface area (Å²) in [6, 6.07) is 0.391. The van der Waals surface area contributed by atoms with Crippen molar-refractivity contribution in [2.75, 3.05) is 13.2 Å². The lowest BCUT2D eigenvalue weighted by Gasteiger charge is -2.44. The Hall–Kier alpha value is -0.870. The molecule has 0 bridgehead atoms. The van der Waals surface area contributed by atoms with Gasteiger partial charge in [-0.1, -0.05) is 26.2 Å². The van der Waals surface area contributed by atoms with Crippen LogP contribution in [0.15, 0.2) is 12.4 Å². The molecule has 0 aliphatic heterocycles. The van der Waals surface area contributed by atoms with E-state index >= 15 is 0 Å². The molecule has 1 heterocycles. The van der Waals surface area contributed by atoms with E-state index in [9.17, 15) is 0 Å². The molecule has 1 aromatic heterocycles. The van der Waals surface area contributed by atoms with E-state index in [4.69, 9.17) is 4.74 Å². The molecule has 1 aliphatic carbocycles. The predicted molar refractivity (Wildman–Crippen MR) is 86.4 cm³/mol. The minimum atomic E-state index is 0.0119. The number of rotatable bonds is 8. The van der Waals surface area contributed by atoms with E-state index in [1.807, 2.05) is 17.9 Å². The van der Waals surface area contributed by atoms with Crippen molar-refractivity contribution in [2.24, 2.45) is 7.05 Å². The van der Waals surface area contributed by atoms with Gasteiger partial charge < -0.3 is 10.1 Å². The summed E-state index contributed by atoms with van der Waals surface area (Å²) < 4.78 is 8.21. The molecule has 1 atom stereocenters. The summed E-state index contributed by atoms with van der Waals surface area (Å²) >= 11 is 0. The zero-order valence-corrected chi connectivity index (χ0v) is 13.9. The fraction of sp³-hybridized carbons (Fsp3) is 0.824. The van der Waals surface area contributed by atoms with Crippen LogP contribution in [-0.2, 0) is 18.2 Å². The summed E-state index contributed by atoms with van der Waals surface area (Å²) in [5, 5.41) is 8.07. The Morgan fingerprint density at radius 2 is 2.10 bits per heavy atom. The first-order valence-corrected chi connectivity index (χ1v) is 8.55. The Bertz CT molecular complexity index is 404. The van der Waals surface area contributed by atoms with E-state index in [-0.39, 0.29) is 5.60 Å². The van der Waals surface area contributed by atoms with Gasteiger partial charge in [0.15, 0.2) is 0 Å². The molecule has 120 valence electrons. The molecular weight excluding hydrogens is 262 g/mol. The Morgan fingerprint density at radius 3 is 2.67 bits per heavy atom. The monoisotopic (exact) mass is 293 g/mol. The highest BCUT2D eigenvalue weighted by molar-refractivity contribution is 5.10. The molecule has 0 spiro atoms. The maximum Gasteiger partial charge on any atom is 0.0837 e. The first kappa shape index (κ1) is 16.5. The van der Waals surface area contributed by atoms with E-state index in [0.29, 0.717) is 6.04 Å². The third-order valence-electron chi connectivity index (χ3n) is 4.61. The highest BCUT2D eigenvalue weighted by Gasteiger charge is 2.40. The van der Waals surface area contributed by atoms with Gasteiger partial charge in [0.1, 0.15) is 0 Å². The molecule has 1 N–H and O–H groups in total. The first-order chi connectivity index (χ1) is 10.2. The van der Waals surface area contributed by atoms with Gasteiger partial charge in [0, 0.05) is 25.9 Å². The minimum Gasteiger partial charge on any atom is -0.374 e. The smallest absolute Gasteiger partial charge is 0.0837 e. The molecular formula is C17H31N3O. The SMILES string of the molecule is CCCNC(Cc1cnn(C)c1)C1(OCC)CCCCC1. The fourth-order valence-corrected chi connectivity index (χ4v) is 3.61. The van der Waals surface area contributed by atoms with Crippen molar-refractivity contribution >= 4 is 0 Å². The van der Waals surface area contributed by atoms with Gasteiger partial charge in [0.05, 0.1) is 11.8 Å². The molecule has 1 fully saturated rings. The Labute approximate surface area is 129 Å². The molecule has 1 aliphatic rings. The molecule has 0 aromatic carbocycles. The van der Waals surface area contributed by atoms with Crippen molar-refractivity contribution in [1.29, 1.82) is 0 Å². The molecule has 2 rings (SSSR count). The normalized spacial score (nSPS) is 19.6. The lowest BCUT2D eigenvalue weighted by atomic mass is 9.77. The van der Waals surface area contributed by atoms with Crippen LogP contribution in [0.2, 0.25) is 0 Å². The summed E-state index contributed by atoms with van der Waals surface area (Å²) in [7, 11) is 1.98. The fourth-order valence-electron chi connectivity index (χ4n) is 3.61. The Kier molecular flexibility index (Phi) is 6.24. The third-order valence-corrected chi connectivity index (χ3v) is 4.61. The van der Waals surface area contributed by atoms with E-state index in [1.165, 1.54) is 37.7 Å². The topological polar surface area (TPSA) is 39.1 Å². The molecule has 0 amide bonds. The number of aryl methyl sites for hydroxylation is 1. The van der Waals surface area contributed by atoms with E-state index in [0.717, 1.165) is 26.0 Å². The molecule has 0 saturated heterocycles. The van der Waals surface area contributed by atoms with E-state index < -0.39 is 0 Å². The number of aromatic nitrogens is 2. The molecule has 1 saturated carbocycles. The minimum absolute atomic E-state index is 0.0119. The lowest BCUT2D eigenvalue weighted by Crippen LogP contribution is -2.55. The van der Waals surface area contributed by atoms with Crippen LogP contribution in [0, 0.1) is 0 Å². The number of nitrogens with zero attached hydrogens (tertiary/aromatic N) is 2. The molecule has 1 aromatic rings. The van der Waals surface area contributed by atoms with Gasteiger partial charge in [0.2, 0.25) is 0 Å². The largest absolute Gasteiger partial charge is 0.374 e. The van der Waals surface area contributed by atoms with Crippen LogP contribution < -0.4 is 5.32 Å². The number of ether oxygens (including phenoxy) is 1. The maximum atomic E-state index is 6.32. The Morgan fingerprint density at radius 1 is 1.33 bits per heavy atom. The van der Waals surface area contributed by atoms with Gasteiger partial charge in [-0.3, -0.25) is 4.68 Å². The van der Waals surface area contributed by atoms with Crippen molar-refractivity contribution in [3.05, 3.63) is 18.0 Å². The average molecular weight is 293 g/mol. The molecule has 1 unspecified atom stereocenters. The summed E-state index contributed by atoms with van der Waals surface area (Å²) in [5.74, 6) is 0. The zero-order valence-electron chi connectivity index (χ0n) is 13.9. The van der Waals surface area contributed by atoms with Gasteiger partial charge in [-0.2, -0.15) is 5.10 Å². The summed E-state index contributed by atoms with van der Waals surface area (Å²) in [6.07, 6.45) is 12.6. The van der Waals surface area contributed by atoms with Crippen LogP contribution in [0.3, 0.4) is 0 Å². The highest BCUT2D eigenvalue weighted by Crippen LogP contribution is 2.36. The van der Waals surface area contributed by atoms with Crippen molar-refractivity contribution in [2.45, 2.75) is 70.4 Å². The van der Waals surface area contributed by atoms with Crippen molar-refractivity contribution < 1.29 is 4.74 Å². The second kappa shape index (κ2) is 7.95. The zero-order chi connectivity index (χ0) is 15.1. The quantitative estimate of drug-likeness (QED) is 0.800. The van der Waals surface area contributed by atoms with Gasteiger partial charge in [-0.05, 0) is 44.7 Å². The second-order valence-corrected chi connectivity index (χ2v) is 6.29. The summed E-state index contributed by atoms with van der Waals surface area (Å²) in [6.45, 7) is 6.21. The van der Waals surface area contributed by atoms with Crippen LogP contribution >= 0.6 is 0 Å². The van der Waals surface area contributed by atoms with Gasteiger partial charge in [-0.25, -0.2) is 0 Å². The van der Waals surface area contributed by atoms with Crippen LogP contribution in [0.1, 0.15) is 57.9 Å². The molecule has 4 nitrogen and oxygen atoms in total. The number of hydrogen-bond donors (Lipinski definition) is 1. The predicted octanol–water partition coefficient (Wildman–Crippen LogP) is 3.07. The van der Waals surface area contributed by atoms with Crippen LogP contribution in [0.5, 0.6) is 0 Å². The van der Waals surface area contributed by atoms with Crippen molar-refractivity contribution in [3.63, 3.8) is 0 Å². The lowest BCUT2D eigenvalue weighted by molar-refractivity contribution is -0.0897. The maximum absolute atomic E-state index is 6.32. The second-order valence-electron chi connectivity index (χ2n) is 6.29. The van der Waals surface area contributed by atoms with E-state index in [2.05, 4.69) is 30.5 Å². The molecule has 0 radical (unpaired) electrons. The Balaban J connectivity index is 2.14. The summed E-state index contributed by atoms with van der Waals surface area (Å²) in [4.78, 5) is 0. The van der Waals surface area contributed by atoms with Crippen LogP contribution in [-0.4, -0.2) is 34.6 Å². The standard InChI is InChI=1S/C17H31N3O/c1-4-11-18-16(12-15-13-19-20(3)14-15)17(21-5-2)9-7-6-8-10-17/h13-14,16,18H,4-12H2,1-3H3. The van der Waals surface area contributed by atoms with Crippen molar-refractivity contribution in [3.8, 4) is 0 Å². The van der Waals surface area contributed by atoms with Gasteiger partial charge in [0.25, 0.3) is 0 Å². The van der Waals surface area contributed by atoms with Gasteiger partial charge in [-0.15, -0.1) is 0 Å².